The van der Waals surface area contributed by atoms with Crippen molar-refractivity contribution in [3.05, 3.63) is 59.4 Å². The molecule has 0 saturated carbocycles. The van der Waals surface area contributed by atoms with Crippen molar-refractivity contribution in [3.8, 4) is 0 Å². The van der Waals surface area contributed by atoms with Crippen molar-refractivity contribution in [2.24, 2.45) is 0 Å². The van der Waals surface area contributed by atoms with Gasteiger partial charge in [-0.25, -0.2) is 12.8 Å². The second-order valence-corrected chi connectivity index (χ2v) is 8.48. The molecule has 1 aliphatic heterocycles. The Balaban J connectivity index is 1.61. The molecular formula is C20H23FN2O3S. The van der Waals surface area contributed by atoms with Gasteiger partial charge in [0.15, 0.2) is 0 Å². The number of carbonyl (C=O) groups is 1. The highest BCUT2D eigenvalue weighted by Gasteiger charge is 2.18. The summed E-state index contributed by atoms with van der Waals surface area (Å²) >= 11 is 0. The van der Waals surface area contributed by atoms with Crippen LogP contribution in [0.25, 0.3) is 0 Å². The van der Waals surface area contributed by atoms with Crippen LogP contribution in [0.5, 0.6) is 0 Å². The molecule has 0 bridgehead atoms. The Morgan fingerprint density at radius 2 is 1.78 bits per heavy atom. The number of likely N-dealkylation sites (tertiary alicyclic amines) is 1. The lowest BCUT2D eigenvalue weighted by Crippen LogP contribution is -2.27. The van der Waals surface area contributed by atoms with Gasteiger partial charge in [0.25, 0.3) is 10.0 Å². The number of hydrogen-bond donors (Lipinski definition) is 1. The first-order valence-electron chi connectivity index (χ1n) is 9.01. The number of nitrogens with one attached hydrogen (secondary N) is 1. The molecule has 0 atom stereocenters. The molecule has 144 valence electrons. The third-order valence-corrected chi connectivity index (χ3v) is 6.11. The van der Waals surface area contributed by atoms with Crippen LogP contribution in [0.2, 0.25) is 0 Å². The molecule has 0 aromatic heterocycles. The quantitative estimate of drug-likeness (QED) is 0.821. The molecule has 5 nitrogen and oxygen atoms in total. The fourth-order valence-electron chi connectivity index (χ4n) is 3.11. The molecule has 1 amide bonds. The molecule has 0 aliphatic carbocycles. The van der Waals surface area contributed by atoms with Crippen LogP contribution in [0.4, 0.5) is 10.1 Å². The van der Waals surface area contributed by atoms with Crippen LogP contribution in [-0.4, -0.2) is 32.3 Å². The zero-order valence-corrected chi connectivity index (χ0v) is 16.1. The molecule has 2 aromatic carbocycles. The molecule has 0 radical (unpaired) electrons. The lowest BCUT2D eigenvalue weighted by atomic mass is 10.1. The maximum atomic E-state index is 13.3. The van der Waals surface area contributed by atoms with E-state index in [1.165, 1.54) is 19.1 Å². The Hall–Kier alpha value is -2.41. The summed E-state index contributed by atoms with van der Waals surface area (Å²) in [6, 6.07) is 10.6. The minimum Gasteiger partial charge on any atom is -0.343 e. The van der Waals surface area contributed by atoms with Crippen LogP contribution < -0.4 is 4.72 Å². The van der Waals surface area contributed by atoms with E-state index in [9.17, 15) is 17.6 Å². The smallest absolute Gasteiger partial charge is 0.261 e. The van der Waals surface area contributed by atoms with E-state index in [1.54, 1.807) is 12.1 Å². The minimum atomic E-state index is -3.78. The zero-order chi connectivity index (χ0) is 19.4. The number of benzene rings is 2. The minimum absolute atomic E-state index is 0.0155. The number of hydrogen-bond acceptors (Lipinski definition) is 3. The maximum Gasteiger partial charge on any atom is 0.261 e. The molecule has 2 aromatic rings. The Morgan fingerprint density at radius 1 is 1.11 bits per heavy atom. The summed E-state index contributed by atoms with van der Waals surface area (Å²) in [5.74, 6) is -0.272. The van der Waals surface area contributed by atoms with Crippen molar-refractivity contribution in [2.75, 3.05) is 17.8 Å². The van der Waals surface area contributed by atoms with E-state index in [1.807, 2.05) is 17.0 Å². The van der Waals surface area contributed by atoms with Crippen LogP contribution in [0.15, 0.2) is 47.4 Å². The summed E-state index contributed by atoms with van der Waals surface area (Å²) in [7, 11) is -3.78. The highest BCUT2D eigenvalue weighted by molar-refractivity contribution is 7.92. The van der Waals surface area contributed by atoms with Crippen LogP contribution in [0.1, 0.15) is 30.4 Å². The Kier molecular flexibility index (Phi) is 5.79. The van der Waals surface area contributed by atoms with E-state index in [0.29, 0.717) is 18.5 Å². The standard InChI is InChI=1S/C20H23FN2O3S/c1-15-14-18(9-10-19(15)21)27(25,26)22-17-7-4-16(5-8-17)6-11-20(24)23-12-2-3-13-23/h4-5,7-10,14,22H,2-3,6,11-13H2,1H3. The number of carbonyl (C=O) groups excluding carboxylic acids is 1. The number of amides is 1. The summed E-state index contributed by atoms with van der Waals surface area (Å²) in [5.41, 5.74) is 1.67. The highest BCUT2D eigenvalue weighted by atomic mass is 32.2. The van der Waals surface area contributed by atoms with Gasteiger partial charge in [0, 0.05) is 25.2 Å². The monoisotopic (exact) mass is 390 g/mol. The van der Waals surface area contributed by atoms with E-state index in [4.69, 9.17) is 0 Å². The Bertz CT molecular complexity index is 921. The highest BCUT2D eigenvalue weighted by Crippen LogP contribution is 2.19. The van der Waals surface area contributed by atoms with Crippen molar-refractivity contribution in [3.63, 3.8) is 0 Å². The van der Waals surface area contributed by atoms with Crippen LogP contribution in [0, 0.1) is 12.7 Å². The summed E-state index contributed by atoms with van der Waals surface area (Å²) in [5, 5.41) is 0. The predicted molar refractivity (Wildman–Crippen MR) is 103 cm³/mol. The average molecular weight is 390 g/mol. The summed E-state index contributed by atoms with van der Waals surface area (Å²) in [4.78, 5) is 14.0. The van der Waals surface area contributed by atoms with Crippen molar-refractivity contribution in [2.45, 2.75) is 37.5 Å². The molecule has 1 heterocycles. The van der Waals surface area contributed by atoms with Gasteiger partial charge in [0.05, 0.1) is 4.90 Å². The average Bonchev–Trinajstić information content (AvgIpc) is 3.17. The summed E-state index contributed by atoms with van der Waals surface area (Å²) < 4.78 is 40.7. The molecule has 0 unspecified atom stereocenters. The van der Waals surface area contributed by atoms with Crippen molar-refractivity contribution < 1.29 is 17.6 Å². The lowest BCUT2D eigenvalue weighted by Gasteiger charge is -2.15. The zero-order valence-electron chi connectivity index (χ0n) is 15.2. The van der Waals surface area contributed by atoms with E-state index in [0.717, 1.165) is 37.6 Å². The molecule has 1 fully saturated rings. The Labute approximate surface area is 159 Å². The van der Waals surface area contributed by atoms with Crippen LogP contribution in [-0.2, 0) is 21.2 Å². The van der Waals surface area contributed by atoms with Crippen molar-refractivity contribution in [1.82, 2.24) is 4.90 Å². The maximum absolute atomic E-state index is 13.3. The second-order valence-electron chi connectivity index (χ2n) is 6.80. The van der Waals surface area contributed by atoms with E-state index < -0.39 is 15.8 Å². The largest absolute Gasteiger partial charge is 0.343 e. The molecule has 0 spiro atoms. The third-order valence-electron chi connectivity index (χ3n) is 4.73. The van der Waals surface area contributed by atoms with E-state index in [-0.39, 0.29) is 16.4 Å². The number of sulfonamides is 1. The van der Waals surface area contributed by atoms with Crippen LogP contribution in [0.3, 0.4) is 0 Å². The van der Waals surface area contributed by atoms with Crippen molar-refractivity contribution >= 4 is 21.6 Å². The molecule has 27 heavy (non-hydrogen) atoms. The molecule has 1 saturated heterocycles. The molecule has 3 rings (SSSR count). The lowest BCUT2D eigenvalue weighted by molar-refractivity contribution is -0.130. The molecule has 7 heteroatoms. The number of halogens is 1. The first-order chi connectivity index (χ1) is 12.8. The van der Waals surface area contributed by atoms with Gasteiger partial charge < -0.3 is 4.90 Å². The first kappa shape index (κ1) is 19.4. The third kappa shape index (κ3) is 4.86. The Morgan fingerprint density at radius 3 is 2.41 bits per heavy atom. The number of aryl methyl sites for hydroxylation is 2. The topological polar surface area (TPSA) is 66.5 Å². The second kappa shape index (κ2) is 8.08. The van der Waals surface area contributed by atoms with Gasteiger partial charge in [-0.15, -0.1) is 0 Å². The van der Waals surface area contributed by atoms with Gasteiger partial charge >= 0.3 is 0 Å². The molecular weight excluding hydrogens is 367 g/mol. The van der Waals surface area contributed by atoms with E-state index in [2.05, 4.69) is 4.72 Å². The summed E-state index contributed by atoms with van der Waals surface area (Å²) in [6.45, 7) is 3.22. The normalized spacial score (nSPS) is 14.4. The van der Waals surface area contributed by atoms with Crippen molar-refractivity contribution in [1.29, 1.82) is 0 Å². The molecule has 1 aliphatic rings. The first-order valence-corrected chi connectivity index (χ1v) is 10.5. The van der Waals surface area contributed by atoms with Gasteiger partial charge in [-0.1, -0.05) is 12.1 Å². The van der Waals surface area contributed by atoms with Gasteiger partial charge in [-0.3, -0.25) is 9.52 Å². The summed E-state index contributed by atoms with van der Waals surface area (Å²) in [6.07, 6.45) is 3.24. The van der Waals surface area contributed by atoms with Crippen LogP contribution >= 0.6 is 0 Å². The fraction of sp³-hybridized carbons (Fsp3) is 0.350. The van der Waals surface area contributed by atoms with Gasteiger partial charge in [0.1, 0.15) is 5.82 Å². The molecule has 1 N–H and O–H groups in total. The van der Waals surface area contributed by atoms with Gasteiger partial charge in [-0.2, -0.15) is 0 Å². The number of nitrogens with zero attached hydrogens (tertiary/aromatic N) is 1. The van der Waals surface area contributed by atoms with E-state index >= 15 is 0 Å². The number of anilines is 1. The fourth-order valence-corrected chi connectivity index (χ4v) is 4.26. The SMILES string of the molecule is Cc1cc(S(=O)(=O)Nc2ccc(CCC(=O)N3CCCC3)cc2)ccc1F. The predicted octanol–water partition coefficient (Wildman–Crippen LogP) is 3.49. The number of rotatable bonds is 6. The van der Waals surface area contributed by atoms with Gasteiger partial charge in [0.2, 0.25) is 5.91 Å². The van der Waals surface area contributed by atoms with Gasteiger partial charge in [-0.05, 0) is 67.6 Å².